The van der Waals surface area contributed by atoms with Crippen molar-refractivity contribution in [2.24, 2.45) is 0 Å². The van der Waals surface area contributed by atoms with Crippen molar-refractivity contribution in [2.75, 3.05) is 13.2 Å². The van der Waals surface area contributed by atoms with Crippen LogP contribution in [0, 0.1) is 11.8 Å². The second kappa shape index (κ2) is 6.13. The van der Waals surface area contributed by atoms with E-state index in [-0.39, 0.29) is 12.5 Å². The normalized spacial score (nSPS) is 13.3. The first-order valence-electron chi connectivity index (χ1n) is 6.82. The van der Waals surface area contributed by atoms with Gasteiger partial charge in [-0.05, 0) is 47.7 Å². The maximum atomic E-state index is 12.5. The van der Waals surface area contributed by atoms with E-state index in [9.17, 15) is 4.79 Å². The second-order valence-corrected chi connectivity index (χ2v) is 5.88. The van der Waals surface area contributed by atoms with E-state index in [1.54, 1.807) is 23.5 Å². The lowest BCUT2D eigenvalue weighted by Crippen LogP contribution is -2.35. The molecule has 0 saturated carbocycles. The van der Waals surface area contributed by atoms with E-state index in [2.05, 4.69) is 23.3 Å². The Balaban J connectivity index is 1.74. The lowest BCUT2D eigenvalue weighted by molar-refractivity contribution is 0.0736. The van der Waals surface area contributed by atoms with Gasteiger partial charge in [-0.15, -0.1) is 11.3 Å². The fraction of sp³-hybridized carbons (Fsp3) is 0.235. The van der Waals surface area contributed by atoms with E-state index in [4.69, 9.17) is 5.11 Å². The summed E-state index contributed by atoms with van der Waals surface area (Å²) in [5.74, 6) is 5.49. The number of carbonyl (C=O) groups excluding carboxylic acids is 1. The van der Waals surface area contributed by atoms with Gasteiger partial charge in [-0.3, -0.25) is 4.79 Å². The van der Waals surface area contributed by atoms with E-state index in [1.807, 2.05) is 17.0 Å². The third-order valence-electron chi connectivity index (χ3n) is 3.54. The van der Waals surface area contributed by atoms with Crippen molar-refractivity contribution >= 4 is 17.2 Å². The summed E-state index contributed by atoms with van der Waals surface area (Å²) in [5.41, 5.74) is 2.76. The van der Waals surface area contributed by atoms with Crippen molar-refractivity contribution in [3.05, 3.63) is 57.3 Å². The highest BCUT2D eigenvalue weighted by Gasteiger charge is 2.22. The number of aliphatic hydroxyl groups excluding tert-OH is 1. The summed E-state index contributed by atoms with van der Waals surface area (Å²) in [4.78, 5) is 15.8. The number of benzene rings is 1. The Morgan fingerprint density at radius 3 is 2.86 bits per heavy atom. The molecule has 1 amide bonds. The number of carbonyl (C=O) groups is 1. The van der Waals surface area contributed by atoms with Gasteiger partial charge in [0.1, 0.15) is 6.61 Å². The highest BCUT2D eigenvalue weighted by Crippen LogP contribution is 2.25. The fourth-order valence-corrected chi connectivity index (χ4v) is 3.33. The van der Waals surface area contributed by atoms with Crippen LogP contribution in [0.5, 0.6) is 0 Å². The van der Waals surface area contributed by atoms with Gasteiger partial charge in [0.2, 0.25) is 0 Å². The Labute approximate surface area is 127 Å². The minimum Gasteiger partial charge on any atom is -0.384 e. The van der Waals surface area contributed by atoms with Gasteiger partial charge in [-0.25, -0.2) is 0 Å². The molecule has 0 fully saturated rings. The molecule has 0 radical (unpaired) electrons. The van der Waals surface area contributed by atoms with Crippen molar-refractivity contribution in [3.8, 4) is 11.8 Å². The van der Waals surface area contributed by atoms with Gasteiger partial charge in [-0.1, -0.05) is 11.8 Å². The molecular formula is C17H15NO2S. The molecule has 4 heteroatoms. The number of amides is 1. The van der Waals surface area contributed by atoms with E-state index < -0.39 is 0 Å². The monoisotopic (exact) mass is 297 g/mol. The van der Waals surface area contributed by atoms with Crippen LogP contribution in [0.4, 0.5) is 0 Å². The number of fused-ring (bicyclic) bond motifs is 1. The molecule has 3 nitrogen and oxygen atoms in total. The van der Waals surface area contributed by atoms with Gasteiger partial charge in [0.05, 0.1) is 0 Å². The summed E-state index contributed by atoms with van der Waals surface area (Å²) < 4.78 is 0. The van der Waals surface area contributed by atoms with Crippen LogP contribution in [0.15, 0.2) is 35.7 Å². The van der Waals surface area contributed by atoms with Crippen molar-refractivity contribution in [2.45, 2.75) is 13.0 Å². The molecule has 0 bridgehead atoms. The molecule has 0 aliphatic carbocycles. The second-order valence-electron chi connectivity index (χ2n) is 4.88. The Kier molecular flexibility index (Phi) is 4.05. The highest BCUT2D eigenvalue weighted by atomic mass is 32.1. The quantitative estimate of drug-likeness (QED) is 0.821. The third kappa shape index (κ3) is 2.99. The highest BCUT2D eigenvalue weighted by molar-refractivity contribution is 7.10. The van der Waals surface area contributed by atoms with Crippen LogP contribution in [0.25, 0.3) is 0 Å². The maximum Gasteiger partial charge on any atom is 0.254 e. The Morgan fingerprint density at radius 2 is 2.10 bits per heavy atom. The molecule has 1 aliphatic rings. The van der Waals surface area contributed by atoms with Crippen LogP contribution >= 0.6 is 11.3 Å². The van der Waals surface area contributed by atoms with E-state index in [0.29, 0.717) is 12.1 Å². The zero-order valence-electron chi connectivity index (χ0n) is 11.5. The third-order valence-corrected chi connectivity index (χ3v) is 4.56. The summed E-state index contributed by atoms with van der Waals surface area (Å²) in [6, 6.07) is 9.33. The summed E-state index contributed by atoms with van der Waals surface area (Å²) in [6.07, 6.45) is 0.943. The summed E-state index contributed by atoms with van der Waals surface area (Å²) in [5, 5.41) is 10.8. The molecule has 0 saturated heterocycles. The lowest BCUT2D eigenvalue weighted by atomic mass is 10.1. The average molecular weight is 297 g/mol. The smallest absolute Gasteiger partial charge is 0.254 e. The molecule has 21 heavy (non-hydrogen) atoms. The van der Waals surface area contributed by atoms with E-state index in [1.165, 1.54) is 10.4 Å². The van der Waals surface area contributed by atoms with Gasteiger partial charge in [0.25, 0.3) is 5.91 Å². The first kappa shape index (κ1) is 13.9. The first-order chi connectivity index (χ1) is 10.3. The summed E-state index contributed by atoms with van der Waals surface area (Å²) in [7, 11) is 0. The number of hydrogen-bond acceptors (Lipinski definition) is 3. The van der Waals surface area contributed by atoms with Crippen molar-refractivity contribution < 1.29 is 9.90 Å². The molecule has 1 aliphatic heterocycles. The van der Waals surface area contributed by atoms with Crippen LogP contribution < -0.4 is 0 Å². The predicted molar refractivity (Wildman–Crippen MR) is 83.2 cm³/mol. The van der Waals surface area contributed by atoms with Gasteiger partial charge < -0.3 is 10.0 Å². The van der Waals surface area contributed by atoms with Crippen LogP contribution in [0.1, 0.15) is 26.4 Å². The minimum absolute atomic E-state index is 0.0634. The average Bonchev–Trinajstić information content (AvgIpc) is 3.00. The fourth-order valence-electron chi connectivity index (χ4n) is 2.44. The van der Waals surface area contributed by atoms with E-state index >= 15 is 0 Å². The van der Waals surface area contributed by atoms with Crippen LogP contribution in [0.3, 0.4) is 0 Å². The summed E-state index contributed by atoms with van der Waals surface area (Å²) in [6.45, 7) is 1.32. The Bertz CT molecular complexity index is 706. The SMILES string of the molecule is O=C(c1ccc(C#CCO)cc1)N1CCc2sccc2C1. The molecule has 2 aromatic rings. The number of aliphatic hydroxyl groups is 1. The molecule has 1 N–H and O–H groups in total. The number of nitrogens with zero attached hydrogens (tertiary/aromatic N) is 1. The first-order valence-corrected chi connectivity index (χ1v) is 7.70. The molecule has 106 valence electrons. The molecule has 0 spiro atoms. The van der Waals surface area contributed by atoms with Crippen molar-refractivity contribution in [3.63, 3.8) is 0 Å². The molecule has 3 rings (SSSR count). The molecule has 0 atom stereocenters. The van der Waals surface area contributed by atoms with Crippen LogP contribution in [-0.4, -0.2) is 29.1 Å². The van der Waals surface area contributed by atoms with Gasteiger partial charge in [-0.2, -0.15) is 0 Å². The number of thiophene rings is 1. The molecule has 0 unspecified atom stereocenters. The van der Waals surface area contributed by atoms with Crippen LogP contribution in [0.2, 0.25) is 0 Å². The molecule has 2 heterocycles. The van der Waals surface area contributed by atoms with E-state index in [0.717, 1.165) is 18.5 Å². The molecule has 1 aromatic heterocycles. The number of rotatable bonds is 1. The Morgan fingerprint density at radius 1 is 1.29 bits per heavy atom. The van der Waals surface area contributed by atoms with Crippen molar-refractivity contribution in [1.29, 1.82) is 0 Å². The molecular weight excluding hydrogens is 282 g/mol. The maximum absolute atomic E-state index is 12.5. The van der Waals surface area contributed by atoms with Gasteiger partial charge in [0.15, 0.2) is 0 Å². The largest absolute Gasteiger partial charge is 0.384 e. The topological polar surface area (TPSA) is 40.5 Å². The molecule has 1 aromatic carbocycles. The zero-order chi connectivity index (χ0) is 14.7. The van der Waals surface area contributed by atoms with Crippen LogP contribution in [-0.2, 0) is 13.0 Å². The number of hydrogen-bond donors (Lipinski definition) is 1. The Hall–Kier alpha value is -2.09. The van der Waals surface area contributed by atoms with Crippen molar-refractivity contribution in [1.82, 2.24) is 4.90 Å². The standard InChI is InChI=1S/C17H15NO2S/c19-10-1-2-13-3-5-14(6-4-13)17(20)18-9-7-16-15(12-18)8-11-21-16/h3-6,8,11,19H,7,9-10,12H2. The van der Waals surface area contributed by atoms with Gasteiger partial charge in [0, 0.05) is 29.1 Å². The summed E-state index contributed by atoms with van der Waals surface area (Å²) >= 11 is 1.77. The minimum atomic E-state index is -0.155. The predicted octanol–water partition coefficient (Wildman–Crippen LogP) is 2.29. The lowest BCUT2D eigenvalue weighted by Gasteiger charge is -2.27. The zero-order valence-corrected chi connectivity index (χ0v) is 12.3. The van der Waals surface area contributed by atoms with Gasteiger partial charge >= 0.3 is 0 Å².